The van der Waals surface area contributed by atoms with E-state index in [0.29, 0.717) is 24.0 Å². The van der Waals surface area contributed by atoms with E-state index in [4.69, 9.17) is 0 Å². The molecule has 2 atom stereocenters. The van der Waals surface area contributed by atoms with Crippen LogP contribution in [0.4, 0.5) is 5.69 Å². The molecule has 0 radical (unpaired) electrons. The molecule has 3 aromatic rings. The second-order valence-corrected chi connectivity index (χ2v) is 8.85. The fourth-order valence-corrected chi connectivity index (χ4v) is 5.04. The van der Waals surface area contributed by atoms with Gasteiger partial charge in [0.15, 0.2) is 0 Å². The molecule has 8 nitrogen and oxygen atoms in total. The zero-order valence-corrected chi connectivity index (χ0v) is 18.5. The van der Waals surface area contributed by atoms with Crippen LogP contribution < -0.4 is 15.8 Å². The monoisotopic (exact) mass is 432 g/mol. The first-order valence-corrected chi connectivity index (χ1v) is 11.2. The van der Waals surface area contributed by atoms with Crippen LogP contribution in [0, 0.1) is 11.8 Å². The SMILES string of the molecule is CCc1cc2ncc(CN3CC4CN(c5ccc(C(=O)NC)nc5)CC4C3)cc2[nH]c1=O. The maximum absolute atomic E-state index is 12.1. The minimum Gasteiger partial charge on any atom is -0.370 e. The van der Waals surface area contributed by atoms with Crippen LogP contribution in [-0.4, -0.2) is 59.0 Å². The summed E-state index contributed by atoms with van der Waals surface area (Å²) in [7, 11) is 1.61. The number of likely N-dealkylation sites (tertiary alicyclic amines) is 1. The number of aryl methyl sites for hydroxylation is 1. The van der Waals surface area contributed by atoms with Crippen molar-refractivity contribution in [1.82, 2.24) is 25.2 Å². The number of anilines is 1. The first kappa shape index (κ1) is 20.6. The molecule has 166 valence electrons. The Morgan fingerprint density at radius 3 is 2.56 bits per heavy atom. The van der Waals surface area contributed by atoms with Crippen molar-refractivity contribution in [2.24, 2.45) is 11.8 Å². The highest BCUT2D eigenvalue weighted by Crippen LogP contribution is 2.34. The van der Waals surface area contributed by atoms with Crippen LogP contribution in [0.5, 0.6) is 0 Å². The van der Waals surface area contributed by atoms with Gasteiger partial charge >= 0.3 is 0 Å². The molecule has 2 aliphatic rings. The van der Waals surface area contributed by atoms with Crippen molar-refractivity contribution in [3.63, 3.8) is 0 Å². The predicted molar refractivity (Wildman–Crippen MR) is 124 cm³/mol. The fourth-order valence-electron chi connectivity index (χ4n) is 5.04. The lowest BCUT2D eigenvalue weighted by Gasteiger charge is -2.23. The Hall–Kier alpha value is -3.26. The molecule has 3 aromatic heterocycles. The Morgan fingerprint density at radius 1 is 1.12 bits per heavy atom. The average Bonchev–Trinajstić information content (AvgIpc) is 3.37. The Morgan fingerprint density at radius 2 is 1.91 bits per heavy atom. The van der Waals surface area contributed by atoms with Crippen LogP contribution in [0.3, 0.4) is 0 Å². The smallest absolute Gasteiger partial charge is 0.269 e. The molecule has 0 aliphatic carbocycles. The molecule has 32 heavy (non-hydrogen) atoms. The summed E-state index contributed by atoms with van der Waals surface area (Å²) in [4.78, 5) is 40.6. The molecule has 0 spiro atoms. The number of pyridine rings is 3. The van der Waals surface area contributed by atoms with Gasteiger partial charge in [-0.3, -0.25) is 19.5 Å². The van der Waals surface area contributed by atoms with E-state index in [2.05, 4.69) is 36.1 Å². The van der Waals surface area contributed by atoms with Gasteiger partial charge in [-0.05, 0) is 48.1 Å². The first-order valence-electron chi connectivity index (χ1n) is 11.2. The number of carbonyl (C=O) groups excluding carboxylic acids is 1. The molecule has 0 aromatic carbocycles. The Bertz CT molecular complexity index is 1190. The standard InChI is InChI=1S/C24H28N6O2/c1-3-16-7-21-22(28-23(16)31)6-15(8-26-21)10-29-11-17-13-30(14-18(17)12-29)19-4-5-20(27-9-19)24(32)25-2/h4-9,17-18H,3,10-14H2,1-2H3,(H,25,32)(H,28,31). The molecule has 0 bridgehead atoms. The third kappa shape index (κ3) is 3.86. The summed E-state index contributed by atoms with van der Waals surface area (Å²) in [5, 5.41) is 2.60. The van der Waals surface area contributed by atoms with Crippen LogP contribution in [0.1, 0.15) is 28.5 Å². The van der Waals surface area contributed by atoms with Gasteiger partial charge in [-0.1, -0.05) is 6.92 Å². The number of aromatic nitrogens is 3. The summed E-state index contributed by atoms with van der Waals surface area (Å²) in [6.45, 7) is 6.93. The van der Waals surface area contributed by atoms with Gasteiger partial charge in [0.05, 0.1) is 22.9 Å². The number of H-pyrrole nitrogens is 1. The number of fused-ring (bicyclic) bond motifs is 2. The fraction of sp³-hybridized carbons (Fsp3) is 0.417. The molecule has 2 N–H and O–H groups in total. The number of hydrogen-bond donors (Lipinski definition) is 2. The lowest BCUT2D eigenvalue weighted by Crippen LogP contribution is -2.29. The number of hydrogen-bond acceptors (Lipinski definition) is 6. The van der Waals surface area contributed by atoms with Gasteiger partial charge in [-0.2, -0.15) is 0 Å². The van der Waals surface area contributed by atoms with E-state index in [-0.39, 0.29) is 11.5 Å². The van der Waals surface area contributed by atoms with Crippen LogP contribution in [0.15, 0.2) is 41.5 Å². The average molecular weight is 433 g/mol. The van der Waals surface area contributed by atoms with Crippen molar-refractivity contribution in [2.75, 3.05) is 38.1 Å². The van der Waals surface area contributed by atoms with Gasteiger partial charge in [-0.25, -0.2) is 4.98 Å². The third-order valence-electron chi connectivity index (χ3n) is 6.75. The number of rotatable bonds is 5. The zero-order chi connectivity index (χ0) is 22.2. The highest BCUT2D eigenvalue weighted by atomic mass is 16.1. The highest BCUT2D eigenvalue weighted by molar-refractivity contribution is 5.92. The highest BCUT2D eigenvalue weighted by Gasteiger charge is 2.40. The molecule has 2 saturated heterocycles. The molecule has 2 fully saturated rings. The van der Waals surface area contributed by atoms with E-state index in [0.717, 1.165) is 60.6 Å². The second-order valence-electron chi connectivity index (χ2n) is 8.85. The predicted octanol–water partition coefficient (Wildman–Crippen LogP) is 1.81. The quantitative estimate of drug-likeness (QED) is 0.639. The van der Waals surface area contributed by atoms with E-state index in [1.54, 1.807) is 19.3 Å². The molecule has 0 saturated carbocycles. The summed E-state index contributed by atoms with van der Waals surface area (Å²) in [6, 6.07) is 7.73. The summed E-state index contributed by atoms with van der Waals surface area (Å²) in [5.74, 6) is 1.08. The summed E-state index contributed by atoms with van der Waals surface area (Å²) in [5.41, 5.74) is 5.05. The Kier molecular flexibility index (Phi) is 5.38. The van der Waals surface area contributed by atoms with Crippen LogP contribution >= 0.6 is 0 Å². The van der Waals surface area contributed by atoms with Crippen LogP contribution in [-0.2, 0) is 13.0 Å². The van der Waals surface area contributed by atoms with Crippen LogP contribution in [0.25, 0.3) is 11.0 Å². The normalized spacial score (nSPS) is 20.6. The zero-order valence-electron chi connectivity index (χ0n) is 18.5. The summed E-state index contributed by atoms with van der Waals surface area (Å²) >= 11 is 0. The number of aromatic amines is 1. The number of nitrogens with zero attached hydrogens (tertiary/aromatic N) is 4. The summed E-state index contributed by atoms with van der Waals surface area (Å²) in [6.07, 6.45) is 4.44. The van der Waals surface area contributed by atoms with E-state index in [9.17, 15) is 9.59 Å². The largest absolute Gasteiger partial charge is 0.370 e. The van der Waals surface area contributed by atoms with Crippen molar-refractivity contribution >= 4 is 22.6 Å². The molecule has 8 heteroatoms. The molecule has 2 aliphatic heterocycles. The van der Waals surface area contributed by atoms with E-state index in [1.807, 2.05) is 25.3 Å². The van der Waals surface area contributed by atoms with E-state index < -0.39 is 0 Å². The third-order valence-corrected chi connectivity index (χ3v) is 6.75. The maximum atomic E-state index is 12.1. The van der Waals surface area contributed by atoms with E-state index in [1.165, 1.54) is 0 Å². The number of amides is 1. The van der Waals surface area contributed by atoms with E-state index >= 15 is 0 Å². The van der Waals surface area contributed by atoms with Crippen molar-refractivity contribution in [3.05, 3.63) is 63.8 Å². The second kappa shape index (κ2) is 8.35. The molecule has 1 amide bonds. The van der Waals surface area contributed by atoms with Crippen molar-refractivity contribution in [1.29, 1.82) is 0 Å². The van der Waals surface area contributed by atoms with Gasteiger partial charge in [0.2, 0.25) is 0 Å². The number of carbonyl (C=O) groups is 1. The van der Waals surface area contributed by atoms with Gasteiger partial charge in [0, 0.05) is 51.5 Å². The minimum atomic E-state index is -0.163. The van der Waals surface area contributed by atoms with Gasteiger partial charge < -0.3 is 15.2 Å². The molecular formula is C24H28N6O2. The lowest BCUT2D eigenvalue weighted by molar-refractivity contribution is 0.0958. The maximum Gasteiger partial charge on any atom is 0.269 e. The van der Waals surface area contributed by atoms with Crippen LogP contribution in [0.2, 0.25) is 0 Å². The molecule has 5 heterocycles. The Balaban J connectivity index is 1.22. The molecular weight excluding hydrogens is 404 g/mol. The van der Waals surface area contributed by atoms with Crippen molar-refractivity contribution in [2.45, 2.75) is 19.9 Å². The van der Waals surface area contributed by atoms with Crippen molar-refractivity contribution < 1.29 is 4.79 Å². The Labute approximate surface area is 186 Å². The molecule has 5 rings (SSSR count). The summed E-state index contributed by atoms with van der Waals surface area (Å²) < 4.78 is 0. The van der Waals surface area contributed by atoms with Gasteiger partial charge in [0.1, 0.15) is 5.69 Å². The van der Waals surface area contributed by atoms with Gasteiger partial charge in [-0.15, -0.1) is 0 Å². The lowest BCUT2D eigenvalue weighted by atomic mass is 10.0. The topological polar surface area (TPSA) is 94.2 Å². The van der Waals surface area contributed by atoms with Gasteiger partial charge in [0.25, 0.3) is 11.5 Å². The minimum absolute atomic E-state index is 0.0207. The molecule has 2 unspecified atom stereocenters. The van der Waals surface area contributed by atoms with Crippen molar-refractivity contribution in [3.8, 4) is 0 Å². The number of nitrogens with one attached hydrogen (secondary N) is 2. The first-order chi connectivity index (χ1) is 15.5.